The summed E-state index contributed by atoms with van der Waals surface area (Å²) in [6, 6.07) is 11.6. The lowest BCUT2D eigenvalue weighted by molar-refractivity contribution is 0.109. The topological polar surface area (TPSA) is 71.8 Å². The van der Waals surface area contributed by atoms with Crippen LogP contribution >= 0.6 is 0 Å². The Morgan fingerprint density at radius 1 is 1.14 bits per heavy atom. The van der Waals surface area contributed by atoms with Crippen molar-refractivity contribution in [2.45, 2.75) is 44.8 Å². The summed E-state index contributed by atoms with van der Waals surface area (Å²) in [4.78, 5) is 30.2. The summed E-state index contributed by atoms with van der Waals surface area (Å²) in [5.41, 5.74) is 3.72. The number of anilines is 1. The molecule has 0 amide bonds. The second-order valence-electron chi connectivity index (χ2n) is 9.42. The SMILES string of the molecule is [C-]#[N+]c1ccc2c(n1)c(N1C[C@@H](CC)N(C(c3ccc(F)cc3)c3cocn3)C[C@@H]1CC)cc(=O)n2C. The molecule has 1 fully saturated rings. The Kier molecular flexibility index (Phi) is 6.76. The van der Waals surface area contributed by atoms with Gasteiger partial charge in [0.25, 0.3) is 11.4 Å². The van der Waals surface area contributed by atoms with E-state index in [0.717, 1.165) is 29.8 Å². The molecule has 1 aliphatic rings. The molecule has 8 nitrogen and oxygen atoms in total. The second kappa shape index (κ2) is 10.1. The van der Waals surface area contributed by atoms with E-state index in [0.29, 0.717) is 29.9 Å². The number of piperazine rings is 1. The van der Waals surface area contributed by atoms with Crippen molar-refractivity contribution in [3.8, 4) is 0 Å². The van der Waals surface area contributed by atoms with Crippen molar-refractivity contribution in [3.63, 3.8) is 0 Å². The number of oxazole rings is 1. The summed E-state index contributed by atoms with van der Waals surface area (Å²) in [5, 5.41) is 0. The lowest BCUT2D eigenvalue weighted by Crippen LogP contribution is -2.59. The van der Waals surface area contributed by atoms with Crippen LogP contribution in [-0.4, -0.2) is 44.6 Å². The van der Waals surface area contributed by atoms with Gasteiger partial charge in [0.1, 0.15) is 17.8 Å². The first-order valence-electron chi connectivity index (χ1n) is 12.5. The van der Waals surface area contributed by atoms with E-state index in [1.165, 1.54) is 18.5 Å². The molecule has 3 atom stereocenters. The van der Waals surface area contributed by atoms with Gasteiger partial charge in [-0.1, -0.05) is 32.6 Å². The third-order valence-electron chi connectivity index (χ3n) is 7.41. The first-order chi connectivity index (χ1) is 17.9. The molecule has 0 saturated carbocycles. The van der Waals surface area contributed by atoms with Gasteiger partial charge in [0.15, 0.2) is 6.39 Å². The van der Waals surface area contributed by atoms with Gasteiger partial charge >= 0.3 is 0 Å². The van der Waals surface area contributed by atoms with Crippen LogP contribution < -0.4 is 10.5 Å². The second-order valence-corrected chi connectivity index (χ2v) is 9.42. The first-order valence-corrected chi connectivity index (χ1v) is 12.5. The number of pyridine rings is 2. The van der Waals surface area contributed by atoms with E-state index in [1.54, 1.807) is 48.2 Å². The van der Waals surface area contributed by atoms with Crippen molar-refractivity contribution in [1.82, 2.24) is 19.4 Å². The Labute approximate surface area is 214 Å². The van der Waals surface area contributed by atoms with Crippen LogP contribution in [0.3, 0.4) is 0 Å². The summed E-state index contributed by atoms with van der Waals surface area (Å²) in [5.74, 6) is 0.0169. The summed E-state index contributed by atoms with van der Waals surface area (Å²) >= 11 is 0. The van der Waals surface area contributed by atoms with Gasteiger partial charge in [-0.05, 0) is 42.7 Å². The fourth-order valence-corrected chi connectivity index (χ4v) is 5.41. The molecule has 4 aromatic rings. The molecule has 0 aliphatic carbocycles. The standard InChI is InChI=1S/C28H29FN6O2/c1-5-20-15-35(28(22-16-37-17-31-22)18-7-9-19(29)10-8-18)21(6-2)14-34(20)24-13-26(36)33(4)23-11-12-25(30-3)32-27(23)24/h7-13,16-17,20-21,28H,5-6,14-15H2,1-2,4H3/t20-,21+,28?/m0/s1. The molecule has 4 heterocycles. The third kappa shape index (κ3) is 4.49. The number of halogens is 1. The molecule has 37 heavy (non-hydrogen) atoms. The predicted molar refractivity (Wildman–Crippen MR) is 140 cm³/mol. The van der Waals surface area contributed by atoms with Crippen molar-refractivity contribution >= 4 is 22.5 Å². The number of benzene rings is 1. The van der Waals surface area contributed by atoms with Crippen molar-refractivity contribution in [1.29, 1.82) is 0 Å². The lowest BCUT2D eigenvalue weighted by Gasteiger charge is -2.49. The van der Waals surface area contributed by atoms with Crippen LogP contribution in [0.15, 0.2) is 64.3 Å². The summed E-state index contributed by atoms with van der Waals surface area (Å²) < 4.78 is 20.7. The molecule has 9 heteroatoms. The number of hydrogen-bond acceptors (Lipinski definition) is 6. The molecule has 1 unspecified atom stereocenters. The Morgan fingerprint density at radius 3 is 2.54 bits per heavy atom. The summed E-state index contributed by atoms with van der Waals surface area (Å²) in [7, 11) is 1.73. The van der Waals surface area contributed by atoms with Gasteiger partial charge in [-0.2, -0.15) is 0 Å². The highest BCUT2D eigenvalue weighted by atomic mass is 19.1. The van der Waals surface area contributed by atoms with Crippen LogP contribution in [0.5, 0.6) is 0 Å². The van der Waals surface area contributed by atoms with E-state index in [2.05, 4.69) is 38.5 Å². The van der Waals surface area contributed by atoms with E-state index in [9.17, 15) is 9.18 Å². The van der Waals surface area contributed by atoms with Gasteiger partial charge < -0.3 is 18.7 Å². The summed E-state index contributed by atoms with van der Waals surface area (Å²) in [6.07, 6.45) is 4.76. The normalized spacial score (nSPS) is 19.2. The van der Waals surface area contributed by atoms with Gasteiger partial charge in [-0.15, -0.1) is 4.98 Å². The van der Waals surface area contributed by atoms with Gasteiger partial charge in [-0.25, -0.2) is 9.37 Å². The minimum atomic E-state index is -0.283. The zero-order chi connectivity index (χ0) is 26.1. The van der Waals surface area contributed by atoms with E-state index < -0.39 is 0 Å². The van der Waals surface area contributed by atoms with Crippen LogP contribution in [0, 0.1) is 12.4 Å². The van der Waals surface area contributed by atoms with Gasteiger partial charge in [-0.3, -0.25) is 9.69 Å². The van der Waals surface area contributed by atoms with Crippen molar-refractivity contribution < 1.29 is 8.81 Å². The minimum absolute atomic E-state index is 0.0753. The highest BCUT2D eigenvalue weighted by molar-refractivity contribution is 5.89. The van der Waals surface area contributed by atoms with Crippen molar-refractivity contribution in [2.24, 2.45) is 7.05 Å². The highest BCUT2D eigenvalue weighted by Gasteiger charge is 2.39. The van der Waals surface area contributed by atoms with Gasteiger partial charge in [0.05, 0.1) is 17.2 Å². The van der Waals surface area contributed by atoms with E-state index >= 15 is 0 Å². The van der Waals surface area contributed by atoms with Crippen LogP contribution in [0.4, 0.5) is 15.9 Å². The maximum Gasteiger partial charge on any atom is 0.270 e. The third-order valence-corrected chi connectivity index (χ3v) is 7.41. The largest absolute Gasteiger partial charge is 0.451 e. The fourth-order valence-electron chi connectivity index (χ4n) is 5.41. The van der Waals surface area contributed by atoms with E-state index in [1.807, 2.05) is 0 Å². The molecule has 190 valence electrons. The number of hydrogen-bond donors (Lipinski definition) is 0. The molecule has 0 bridgehead atoms. The molecule has 1 saturated heterocycles. The number of fused-ring (bicyclic) bond motifs is 1. The smallest absolute Gasteiger partial charge is 0.270 e. The van der Waals surface area contributed by atoms with E-state index in [4.69, 9.17) is 11.0 Å². The molecule has 3 aromatic heterocycles. The maximum atomic E-state index is 13.8. The first kappa shape index (κ1) is 24.7. The maximum absolute atomic E-state index is 13.8. The molecule has 5 rings (SSSR count). The monoisotopic (exact) mass is 500 g/mol. The van der Waals surface area contributed by atoms with Crippen LogP contribution in [-0.2, 0) is 7.05 Å². The Bertz CT molecular complexity index is 1490. The molecule has 0 radical (unpaired) electrons. The highest BCUT2D eigenvalue weighted by Crippen LogP contribution is 2.37. The minimum Gasteiger partial charge on any atom is -0.451 e. The quantitative estimate of drug-likeness (QED) is 0.344. The zero-order valence-electron chi connectivity index (χ0n) is 21.1. The number of rotatable bonds is 6. The van der Waals surface area contributed by atoms with Crippen LogP contribution in [0.2, 0.25) is 0 Å². The van der Waals surface area contributed by atoms with Crippen molar-refractivity contribution in [3.05, 3.63) is 94.0 Å². The Morgan fingerprint density at radius 2 is 1.89 bits per heavy atom. The fraction of sp³-hybridized carbons (Fsp3) is 0.357. The molecule has 1 aromatic carbocycles. The van der Waals surface area contributed by atoms with Gasteiger partial charge in [0, 0.05) is 38.3 Å². The van der Waals surface area contributed by atoms with Crippen molar-refractivity contribution in [2.75, 3.05) is 18.0 Å². The van der Waals surface area contributed by atoms with Gasteiger partial charge in [0.2, 0.25) is 5.52 Å². The molecular weight excluding hydrogens is 471 g/mol. The molecule has 0 N–H and O–H groups in total. The predicted octanol–water partition coefficient (Wildman–Crippen LogP) is 5.08. The molecule has 1 aliphatic heterocycles. The lowest BCUT2D eigenvalue weighted by atomic mass is 9.94. The average Bonchev–Trinajstić information content (AvgIpc) is 3.46. The number of nitrogens with zero attached hydrogens (tertiary/aromatic N) is 6. The van der Waals surface area contributed by atoms with Crippen LogP contribution in [0.1, 0.15) is 44.0 Å². The van der Waals surface area contributed by atoms with Crippen LogP contribution in [0.25, 0.3) is 15.9 Å². The molecular formula is C28H29FN6O2. The van der Waals surface area contributed by atoms with E-state index in [-0.39, 0.29) is 29.5 Å². The average molecular weight is 501 g/mol. The summed E-state index contributed by atoms with van der Waals surface area (Å²) in [6.45, 7) is 13.1. The number of aromatic nitrogens is 3. The zero-order valence-corrected chi connectivity index (χ0v) is 21.1. The molecule has 0 spiro atoms. The Balaban J connectivity index is 1.60. The Hall–Kier alpha value is -4.03. The number of aryl methyl sites for hydroxylation is 1.